The summed E-state index contributed by atoms with van der Waals surface area (Å²) in [5.74, 6) is 1.20. The van der Waals surface area contributed by atoms with Crippen LogP contribution in [-0.4, -0.2) is 96.4 Å². The van der Waals surface area contributed by atoms with Crippen LogP contribution in [-0.2, 0) is 4.79 Å². The van der Waals surface area contributed by atoms with Gasteiger partial charge in [0, 0.05) is 69.8 Å². The third-order valence-electron chi connectivity index (χ3n) is 6.72. The molecule has 2 aromatic rings. The summed E-state index contributed by atoms with van der Waals surface area (Å²) in [7, 11) is 0. The Morgan fingerprint density at radius 1 is 0.853 bits per heavy atom. The number of piperazine rings is 2. The third-order valence-corrected chi connectivity index (χ3v) is 6.72. The van der Waals surface area contributed by atoms with E-state index in [2.05, 4.69) is 30.0 Å². The minimum absolute atomic E-state index is 0.153. The Morgan fingerprint density at radius 3 is 2.24 bits per heavy atom. The maximum Gasteiger partial charge on any atom is 0.259 e. The van der Waals surface area contributed by atoms with Gasteiger partial charge in [0.15, 0.2) is 0 Å². The first-order valence-electron chi connectivity index (χ1n) is 11.7. The van der Waals surface area contributed by atoms with Crippen LogP contribution in [0.3, 0.4) is 0 Å². The van der Waals surface area contributed by atoms with Crippen molar-refractivity contribution in [3.63, 3.8) is 0 Å². The van der Waals surface area contributed by atoms with Gasteiger partial charge in [-0.1, -0.05) is 0 Å². The summed E-state index contributed by atoms with van der Waals surface area (Å²) >= 11 is 0. The first-order chi connectivity index (χ1) is 16.4. The second-order valence-corrected chi connectivity index (χ2v) is 9.06. The number of amides is 3. The van der Waals surface area contributed by atoms with Crippen LogP contribution in [0.25, 0.3) is 0 Å². The standard InChI is InChI=1S/C24H29N7O3/c1-16-13-21(26-17(2)25-16)30-7-5-28(6-8-30)15-22(32)31-11-9-29(10-12-31)18-3-4-19-20(14-18)24(34)27-23(19)33/h3-4,13-14H,5-12,15H2,1-2H3,(H,27,33,34). The van der Waals surface area contributed by atoms with Gasteiger partial charge in [0.05, 0.1) is 17.7 Å². The molecule has 3 aliphatic heterocycles. The van der Waals surface area contributed by atoms with Gasteiger partial charge in [0.2, 0.25) is 5.91 Å². The molecule has 1 N–H and O–H groups in total. The predicted molar refractivity (Wildman–Crippen MR) is 127 cm³/mol. The summed E-state index contributed by atoms with van der Waals surface area (Å²) in [5, 5.41) is 2.33. The maximum atomic E-state index is 12.9. The van der Waals surface area contributed by atoms with E-state index in [1.165, 1.54) is 0 Å². The van der Waals surface area contributed by atoms with Crippen molar-refractivity contribution in [2.45, 2.75) is 13.8 Å². The Balaban J connectivity index is 1.11. The molecule has 0 unspecified atom stereocenters. The van der Waals surface area contributed by atoms with Crippen LogP contribution in [0.1, 0.15) is 32.2 Å². The number of imide groups is 1. The molecule has 2 fully saturated rings. The summed E-state index contributed by atoms with van der Waals surface area (Å²) < 4.78 is 0. The highest BCUT2D eigenvalue weighted by Gasteiger charge is 2.29. The van der Waals surface area contributed by atoms with E-state index < -0.39 is 0 Å². The van der Waals surface area contributed by atoms with Crippen molar-refractivity contribution in [2.75, 3.05) is 68.7 Å². The van der Waals surface area contributed by atoms with E-state index in [1.807, 2.05) is 30.9 Å². The average Bonchev–Trinajstić information content (AvgIpc) is 3.12. The first kappa shape index (κ1) is 22.3. The van der Waals surface area contributed by atoms with E-state index in [1.54, 1.807) is 12.1 Å². The molecule has 4 heterocycles. The number of hydrogen-bond acceptors (Lipinski definition) is 8. The minimum Gasteiger partial charge on any atom is -0.368 e. The molecule has 1 aromatic heterocycles. The monoisotopic (exact) mass is 463 g/mol. The molecule has 10 heteroatoms. The Kier molecular flexibility index (Phi) is 5.91. The van der Waals surface area contributed by atoms with Crippen LogP contribution in [0.5, 0.6) is 0 Å². The van der Waals surface area contributed by atoms with Gasteiger partial charge in [-0.15, -0.1) is 0 Å². The second kappa shape index (κ2) is 9.02. The third kappa shape index (κ3) is 4.45. The summed E-state index contributed by atoms with van der Waals surface area (Å²) in [5.41, 5.74) is 2.72. The van der Waals surface area contributed by atoms with Crippen LogP contribution < -0.4 is 15.1 Å². The number of aromatic nitrogens is 2. The summed E-state index contributed by atoms with van der Waals surface area (Å²) in [6.45, 7) is 10.3. The molecule has 0 saturated carbocycles. The fourth-order valence-corrected chi connectivity index (χ4v) is 4.85. The molecule has 5 rings (SSSR count). The average molecular weight is 464 g/mol. The number of hydrogen-bond donors (Lipinski definition) is 1. The molecule has 2 saturated heterocycles. The molecule has 10 nitrogen and oxygen atoms in total. The zero-order valence-corrected chi connectivity index (χ0v) is 19.6. The Morgan fingerprint density at radius 2 is 1.53 bits per heavy atom. The fraction of sp³-hybridized carbons (Fsp3) is 0.458. The molecular formula is C24H29N7O3. The van der Waals surface area contributed by atoms with Gasteiger partial charge in [-0.25, -0.2) is 9.97 Å². The molecule has 3 amide bonds. The lowest BCUT2D eigenvalue weighted by atomic mass is 10.1. The highest BCUT2D eigenvalue weighted by atomic mass is 16.2. The van der Waals surface area contributed by atoms with E-state index in [0.717, 1.165) is 49.2 Å². The van der Waals surface area contributed by atoms with Crippen LogP contribution in [0.15, 0.2) is 24.3 Å². The molecular weight excluding hydrogens is 434 g/mol. The van der Waals surface area contributed by atoms with Crippen LogP contribution in [0, 0.1) is 13.8 Å². The Hall–Kier alpha value is -3.53. The van der Waals surface area contributed by atoms with E-state index >= 15 is 0 Å². The van der Waals surface area contributed by atoms with Gasteiger partial charge >= 0.3 is 0 Å². The number of aryl methyl sites for hydroxylation is 2. The van der Waals surface area contributed by atoms with E-state index in [9.17, 15) is 14.4 Å². The zero-order chi connectivity index (χ0) is 23.8. The molecule has 0 atom stereocenters. The van der Waals surface area contributed by atoms with Crippen molar-refractivity contribution in [1.29, 1.82) is 0 Å². The maximum absolute atomic E-state index is 12.9. The quantitative estimate of drug-likeness (QED) is 0.652. The van der Waals surface area contributed by atoms with Gasteiger partial charge in [0.1, 0.15) is 11.6 Å². The van der Waals surface area contributed by atoms with Crippen LogP contribution in [0.4, 0.5) is 11.5 Å². The number of fused-ring (bicyclic) bond motifs is 1. The number of nitrogens with one attached hydrogen (secondary N) is 1. The molecule has 3 aliphatic rings. The van der Waals surface area contributed by atoms with E-state index in [4.69, 9.17) is 0 Å². The lowest BCUT2D eigenvalue weighted by Gasteiger charge is -2.39. The van der Waals surface area contributed by atoms with Gasteiger partial charge in [-0.2, -0.15) is 0 Å². The fourth-order valence-electron chi connectivity index (χ4n) is 4.85. The second-order valence-electron chi connectivity index (χ2n) is 9.06. The topological polar surface area (TPSA) is 102 Å². The number of nitrogens with zero attached hydrogens (tertiary/aromatic N) is 6. The first-order valence-corrected chi connectivity index (χ1v) is 11.7. The molecule has 0 bridgehead atoms. The van der Waals surface area contributed by atoms with E-state index in [-0.39, 0.29) is 17.7 Å². The number of carbonyl (C=O) groups is 3. The van der Waals surface area contributed by atoms with Crippen molar-refractivity contribution in [2.24, 2.45) is 0 Å². The normalized spacial score (nSPS) is 18.8. The Labute approximate surface area is 198 Å². The highest BCUT2D eigenvalue weighted by molar-refractivity contribution is 6.21. The zero-order valence-electron chi connectivity index (χ0n) is 19.6. The SMILES string of the molecule is Cc1cc(N2CCN(CC(=O)N3CCN(c4ccc5c(c4)C(=O)NC5=O)CC3)CC2)nc(C)n1. The molecule has 0 spiro atoms. The Bertz CT molecular complexity index is 1120. The van der Waals surface area contributed by atoms with Gasteiger partial charge < -0.3 is 14.7 Å². The molecule has 1 aromatic carbocycles. The summed E-state index contributed by atoms with van der Waals surface area (Å²) in [4.78, 5) is 54.1. The van der Waals surface area contributed by atoms with Crippen molar-refractivity contribution >= 4 is 29.2 Å². The molecule has 0 radical (unpaired) electrons. The molecule has 0 aliphatic carbocycles. The number of benzene rings is 1. The van der Waals surface area contributed by atoms with E-state index in [0.29, 0.717) is 43.9 Å². The lowest BCUT2D eigenvalue weighted by Crippen LogP contribution is -2.54. The predicted octanol–water partition coefficient (Wildman–Crippen LogP) is 0.448. The van der Waals surface area contributed by atoms with Crippen molar-refractivity contribution in [1.82, 2.24) is 25.1 Å². The number of rotatable bonds is 4. The summed E-state index contributed by atoms with van der Waals surface area (Å²) in [6.07, 6.45) is 0. The molecule has 34 heavy (non-hydrogen) atoms. The van der Waals surface area contributed by atoms with Gasteiger partial charge in [-0.3, -0.25) is 24.6 Å². The summed E-state index contributed by atoms with van der Waals surface area (Å²) in [6, 6.07) is 7.35. The van der Waals surface area contributed by atoms with Crippen LogP contribution >= 0.6 is 0 Å². The highest BCUT2D eigenvalue weighted by Crippen LogP contribution is 2.24. The van der Waals surface area contributed by atoms with Crippen LogP contribution in [0.2, 0.25) is 0 Å². The lowest BCUT2D eigenvalue weighted by molar-refractivity contribution is -0.132. The smallest absolute Gasteiger partial charge is 0.259 e. The number of anilines is 2. The minimum atomic E-state index is -0.347. The van der Waals surface area contributed by atoms with Crippen molar-refractivity contribution in [3.05, 3.63) is 46.9 Å². The van der Waals surface area contributed by atoms with Gasteiger partial charge in [-0.05, 0) is 32.0 Å². The number of carbonyl (C=O) groups excluding carboxylic acids is 3. The van der Waals surface area contributed by atoms with Crippen molar-refractivity contribution in [3.8, 4) is 0 Å². The largest absolute Gasteiger partial charge is 0.368 e. The van der Waals surface area contributed by atoms with Crippen molar-refractivity contribution < 1.29 is 14.4 Å². The van der Waals surface area contributed by atoms with Gasteiger partial charge in [0.25, 0.3) is 11.8 Å². The molecule has 178 valence electrons.